The maximum Gasteiger partial charge on any atom is 0.295 e. The highest BCUT2D eigenvalue weighted by molar-refractivity contribution is 6.37. The lowest BCUT2D eigenvalue weighted by Gasteiger charge is -2.23. The third kappa shape index (κ3) is 7.49. The summed E-state index contributed by atoms with van der Waals surface area (Å²) in [5.74, 6) is -4.03. The molecular weight excluding hydrogens is 808 g/mol. The summed E-state index contributed by atoms with van der Waals surface area (Å²) in [5, 5.41) is 27.8. The van der Waals surface area contributed by atoms with Crippen molar-refractivity contribution in [1.29, 1.82) is 0 Å². The Morgan fingerprint density at radius 1 is 1.10 bits per heavy atom. The molecule has 2 amide bonds. The van der Waals surface area contributed by atoms with Crippen molar-refractivity contribution in [3.63, 3.8) is 0 Å². The summed E-state index contributed by atoms with van der Waals surface area (Å²) in [6.07, 6.45) is -0.899. The first-order valence-electron chi connectivity index (χ1n) is 17.9. The lowest BCUT2D eigenvalue weighted by atomic mass is 9.95. The van der Waals surface area contributed by atoms with Crippen LogP contribution in [0.15, 0.2) is 53.3 Å². The number of nitrogens with one attached hydrogen (secondary N) is 2. The fourth-order valence-electron chi connectivity index (χ4n) is 7.46. The molecule has 3 atom stereocenters. The van der Waals surface area contributed by atoms with Gasteiger partial charge in [0.25, 0.3) is 18.3 Å². The zero-order valence-electron chi connectivity index (χ0n) is 31.0. The van der Waals surface area contributed by atoms with Crippen LogP contribution in [0, 0.1) is 29.4 Å². The van der Waals surface area contributed by atoms with Crippen molar-refractivity contribution in [2.24, 2.45) is 13.0 Å². The van der Waals surface area contributed by atoms with E-state index in [1.54, 1.807) is 13.1 Å². The first-order chi connectivity index (χ1) is 27.9. The van der Waals surface area contributed by atoms with E-state index in [2.05, 4.69) is 47.8 Å². The predicted molar refractivity (Wildman–Crippen MR) is 197 cm³/mol. The summed E-state index contributed by atoms with van der Waals surface area (Å²) >= 11 is 6.68. The molecule has 0 bridgehead atoms. The van der Waals surface area contributed by atoms with Crippen LogP contribution in [0.25, 0.3) is 22.0 Å². The summed E-state index contributed by atoms with van der Waals surface area (Å²) in [6, 6.07) is 5.75. The number of benzene rings is 2. The van der Waals surface area contributed by atoms with Crippen LogP contribution >= 0.6 is 11.6 Å². The van der Waals surface area contributed by atoms with Gasteiger partial charge in [0.2, 0.25) is 17.5 Å². The molecule has 1 fully saturated rings. The maximum absolute atomic E-state index is 15.4. The van der Waals surface area contributed by atoms with Crippen molar-refractivity contribution in [3.05, 3.63) is 105 Å². The monoisotopic (exact) mass is 837 g/mol. The minimum atomic E-state index is -3.51. The number of rotatable bonds is 10. The van der Waals surface area contributed by atoms with E-state index in [0.717, 1.165) is 12.1 Å². The van der Waals surface area contributed by atoms with E-state index in [1.165, 1.54) is 43.1 Å². The van der Waals surface area contributed by atoms with Crippen molar-refractivity contribution >= 4 is 40.1 Å². The fourth-order valence-corrected chi connectivity index (χ4v) is 7.70. The van der Waals surface area contributed by atoms with Crippen molar-refractivity contribution in [2.45, 2.75) is 63.1 Å². The lowest BCUT2D eigenvalue weighted by molar-refractivity contribution is -0.123. The Labute approximate surface area is 334 Å². The van der Waals surface area contributed by atoms with Crippen LogP contribution in [0.1, 0.15) is 83.2 Å². The first-order valence-corrected chi connectivity index (χ1v) is 18.3. The Morgan fingerprint density at radius 3 is 2.53 bits per heavy atom. The van der Waals surface area contributed by atoms with Crippen molar-refractivity contribution in [3.8, 4) is 23.0 Å². The van der Waals surface area contributed by atoms with Gasteiger partial charge in [-0.1, -0.05) is 28.7 Å². The van der Waals surface area contributed by atoms with Crippen LogP contribution < -0.4 is 10.6 Å². The molecule has 2 aliphatic carbocycles. The highest BCUT2D eigenvalue weighted by Gasteiger charge is 2.67. The minimum absolute atomic E-state index is 0.0133. The smallest absolute Gasteiger partial charge is 0.295 e. The summed E-state index contributed by atoms with van der Waals surface area (Å²) < 4.78 is 95.1. The molecule has 0 spiro atoms. The van der Waals surface area contributed by atoms with E-state index in [0.29, 0.717) is 21.8 Å². The molecule has 59 heavy (non-hydrogen) atoms. The standard InChI is InChI=1S/C39H30ClF6N9O4/c1-38(2,58)8-6-27-47-15-22(20-4-5-24(40)30-33(20)54(3)53-36(30)51-37(57)26-7-9-48-59-26)31(50-27)25(12-17-10-18(41)13-19(42)11-17)49-28(56)16-55-34-29(32(52-55)35(43)44)21-14-23(21)39(34,45)46/h4-5,7,9-11,13,15,21,23,25,35,58H,12,14,16H2,1-3H3,(H,49,56)(H,51,53,57)/t21-,23+,25-/m0/s1. The first kappa shape index (κ1) is 39.6. The summed E-state index contributed by atoms with van der Waals surface area (Å²) in [5.41, 5.74) is -2.49. The van der Waals surface area contributed by atoms with Gasteiger partial charge in [-0.15, -0.1) is 0 Å². The van der Waals surface area contributed by atoms with Gasteiger partial charge >= 0.3 is 0 Å². The highest BCUT2D eigenvalue weighted by Crippen LogP contribution is 2.68. The molecule has 0 saturated heterocycles. The Morgan fingerprint density at radius 2 is 1.85 bits per heavy atom. The topological polar surface area (TPSA) is 166 Å². The van der Waals surface area contributed by atoms with Gasteiger partial charge in [0.15, 0.2) is 5.82 Å². The van der Waals surface area contributed by atoms with E-state index in [4.69, 9.17) is 16.1 Å². The van der Waals surface area contributed by atoms with Crippen LogP contribution in [0.5, 0.6) is 0 Å². The van der Waals surface area contributed by atoms with Crippen molar-refractivity contribution in [1.82, 2.24) is 40.0 Å². The lowest BCUT2D eigenvalue weighted by Crippen LogP contribution is -2.35. The molecule has 13 nitrogen and oxygen atoms in total. The third-order valence-corrected chi connectivity index (χ3v) is 10.2. The second-order valence-corrected chi connectivity index (χ2v) is 15.1. The number of aryl methyl sites for hydroxylation is 1. The van der Waals surface area contributed by atoms with E-state index in [9.17, 15) is 32.3 Å². The number of aliphatic hydroxyl groups is 1. The number of alkyl halides is 4. The molecule has 6 aromatic rings. The van der Waals surface area contributed by atoms with Crippen molar-refractivity contribution < 1.29 is 45.6 Å². The number of anilines is 1. The third-order valence-electron chi connectivity index (χ3n) is 9.91. The average molecular weight is 838 g/mol. The number of fused-ring (bicyclic) bond motifs is 4. The second kappa shape index (κ2) is 14.5. The molecular formula is C39H30ClF6N9O4. The Hall–Kier alpha value is -6.26. The largest absolute Gasteiger partial charge is 0.378 e. The summed E-state index contributed by atoms with van der Waals surface area (Å²) in [6.45, 7) is 1.91. The minimum Gasteiger partial charge on any atom is -0.378 e. The number of hydrogen-bond donors (Lipinski definition) is 3. The number of carbonyl (C=O) groups is 2. The molecule has 4 heterocycles. The Bertz CT molecular complexity index is 2720. The molecule has 2 aromatic carbocycles. The normalized spacial score (nSPS) is 17.0. The van der Waals surface area contributed by atoms with E-state index in [1.807, 2.05) is 0 Å². The second-order valence-electron chi connectivity index (χ2n) is 14.7. The molecule has 0 aliphatic heterocycles. The molecule has 304 valence electrons. The van der Waals surface area contributed by atoms with Crippen LogP contribution in [0.2, 0.25) is 5.02 Å². The average Bonchev–Trinajstić information content (AvgIpc) is 3.40. The van der Waals surface area contributed by atoms with Gasteiger partial charge in [-0.2, -0.15) is 19.0 Å². The summed E-state index contributed by atoms with van der Waals surface area (Å²) in [7, 11) is 1.56. The Kier molecular flexibility index (Phi) is 9.74. The predicted octanol–water partition coefficient (Wildman–Crippen LogP) is 6.77. The number of carbonyl (C=O) groups excluding carboxylic acids is 2. The molecule has 0 unspecified atom stereocenters. The van der Waals surface area contributed by atoms with Crippen molar-refractivity contribution in [2.75, 3.05) is 5.32 Å². The number of nitrogens with zero attached hydrogens (tertiary/aromatic N) is 7. The number of aromatic nitrogens is 7. The summed E-state index contributed by atoms with van der Waals surface area (Å²) in [4.78, 5) is 35.9. The quantitative estimate of drug-likeness (QED) is 0.0998. The molecule has 4 aromatic heterocycles. The highest BCUT2D eigenvalue weighted by atomic mass is 35.5. The number of hydrogen-bond acceptors (Lipinski definition) is 9. The van der Waals surface area contributed by atoms with Crippen LogP contribution in [0.3, 0.4) is 0 Å². The fraction of sp³-hybridized carbons (Fsp3) is 0.308. The van der Waals surface area contributed by atoms with E-state index >= 15 is 8.78 Å². The van der Waals surface area contributed by atoms with E-state index < -0.39 is 77.2 Å². The van der Waals surface area contributed by atoms with Gasteiger partial charge in [0.1, 0.15) is 35.2 Å². The van der Waals surface area contributed by atoms with Crippen LogP contribution in [-0.2, 0) is 30.7 Å². The van der Waals surface area contributed by atoms with Gasteiger partial charge in [-0.05, 0) is 62.3 Å². The Balaban J connectivity index is 1.26. The number of halogens is 7. The zero-order valence-corrected chi connectivity index (χ0v) is 31.8. The van der Waals surface area contributed by atoms with Gasteiger partial charge in [-0.25, -0.2) is 27.5 Å². The molecule has 20 heteroatoms. The van der Waals surface area contributed by atoms with Gasteiger partial charge < -0.3 is 20.3 Å². The van der Waals surface area contributed by atoms with Gasteiger partial charge in [0.05, 0.1) is 33.9 Å². The van der Waals surface area contributed by atoms with Gasteiger partial charge in [0, 0.05) is 48.0 Å². The van der Waals surface area contributed by atoms with E-state index in [-0.39, 0.29) is 63.0 Å². The molecule has 2 aliphatic rings. The zero-order chi connectivity index (χ0) is 42.1. The molecule has 8 rings (SSSR count). The van der Waals surface area contributed by atoms with Crippen LogP contribution in [0.4, 0.5) is 32.2 Å². The van der Waals surface area contributed by atoms with Gasteiger partial charge in [-0.3, -0.25) is 19.0 Å². The number of amides is 2. The molecule has 0 radical (unpaired) electrons. The maximum atomic E-state index is 15.4. The molecule has 1 saturated carbocycles. The van der Waals surface area contributed by atoms with Crippen LogP contribution in [-0.4, -0.2) is 57.2 Å². The SMILES string of the molecule is Cn1nc(NC(=O)c2ccno2)c2c(Cl)ccc(-c3cnc(C#CC(C)(C)O)nc3[C@H](Cc3cc(F)cc(F)c3)NC(=O)Cn3nc(C(F)F)c4c3C(F)(F)[C@@H]3C[C@H]43)c21. The molecule has 3 N–H and O–H groups in total.